The van der Waals surface area contributed by atoms with E-state index in [0.29, 0.717) is 41.8 Å². The highest BCUT2D eigenvalue weighted by Crippen LogP contribution is 2.45. The van der Waals surface area contributed by atoms with E-state index in [-0.39, 0.29) is 17.2 Å². The van der Waals surface area contributed by atoms with Gasteiger partial charge in [0.1, 0.15) is 35.5 Å². The van der Waals surface area contributed by atoms with Gasteiger partial charge in [-0.05, 0) is 74.2 Å². The zero-order chi connectivity index (χ0) is 31.9. The molecule has 0 fully saturated rings. The minimum absolute atomic E-state index is 0.0247. The highest BCUT2D eigenvalue weighted by atomic mass is 16.6. The third kappa shape index (κ3) is 7.22. The van der Waals surface area contributed by atoms with Gasteiger partial charge >= 0.3 is 5.97 Å². The number of fused-ring (bicyclic) bond motifs is 1. The van der Waals surface area contributed by atoms with Gasteiger partial charge in [-0.1, -0.05) is 61.0 Å². The first kappa shape index (κ1) is 31.0. The number of esters is 1. The highest BCUT2D eigenvalue weighted by molar-refractivity contribution is 5.77. The van der Waals surface area contributed by atoms with E-state index >= 15 is 0 Å². The van der Waals surface area contributed by atoms with Gasteiger partial charge in [-0.2, -0.15) is 5.26 Å². The summed E-state index contributed by atoms with van der Waals surface area (Å²) in [5, 5.41) is 10.1. The average molecular weight is 605 g/mol. The molecular formula is C37H36N2O6. The molecule has 230 valence electrons. The Morgan fingerprint density at radius 3 is 2.31 bits per heavy atom. The number of carbonyl (C=O) groups is 1. The molecule has 2 atom stereocenters. The van der Waals surface area contributed by atoms with Crippen LogP contribution in [0.1, 0.15) is 54.5 Å². The smallest absolute Gasteiger partial charge is 0.352 e. The number of nitriles is 1. The van der Waals surface area contributed by atoms with Crippen LogP contribution in [0, 0.1) is 18.3 Å². The van der Waals surface area contributed by atoms with Crippen molar-refractivity contribution in [3.05, 3.63) is 124 Å². The summed E-state index contributed by atoms with van der Waals surface area (Å²) < 4.78 is 29.3. The van der Waals surface area contributed by atoms with E-state index in [1.165, 1.54) is 11.1 Å². The van der Waals surface area contributed by atoms with Gasteiger partial charge in [-0.3, -0.25) is 0 Å². The Labute approximate surface area is 263 Å². The fourth-order valence-corrected chi connectivity index (χ4v) is 5.03. The number of benzene rings is 4. The van der Waals surface area contributed by atoms with Crippen molar-refractivity contribution in [1.82, 2.24) is 0 Å². The zero-order valence-corrected chi connectivity index (χ0v) is 25.8. The van der Waals surface area contributed by atoms with Crippen molar-refractivity contribution < 1.29 is 28.5 Å². The second-order valence-electron chi connectivity index (χ2n) is 10.7. The SMILES string of the molecule is CCOc1cc(C2C(C#N)=C(N)Oc3cc(OC(=O)C(C)Oc4ccc(CC)cc4)ccc32)ccc1OCc1ccc(C)cc1. The third-order valence-electron chi connectivity index (χ3n) is 7.50. The minimum atomic E-state index is -0.846. The normalized spacial score (nSPS) is 14.4. The molecule has 4 aromatic carbocycles. The van der Waals surface area contributed by atoms with Gasteiger partial charge < -0.3 is 29.4 Å². The van der Waals surface area contributed by atoms with Crippen LogP contribution in [0.25, 0.3) is 0 Å². The van der Waals surface area contributed by atoms with Crippen molar-refractivity contribution in [1.29, 1.82) is 5.26 Å². The lowest BCUT2D eigenvalue weighted by molar-refractivity contribution is -0.141. The van der Waals surface area contributed by atoms with Gasteiger partial charge in [0.15, 0.2) is 17.6 Å². The van der Waals surface area contributed by atoms with Crippen molar-refractivity contribution in [2.45, 2.75) is 52.7 Å². The quantitative estimate of drug-likeness (QED) is 0.142. The Kier molecular flexibility index (Phi) is 9.59. The van der Waals surface area contributed by atoms with Crippen molar-refractivity contribution in [2.75, 3.05) is 6.61 Å². The van der Waals surface area contributed by atoms with Gasteiger partial charge in [-0.25, -0.2) is 4.79 Å². The van der Waals surface area contributed by atoms with Crippen LogP contribution < -0.4 is 29.4 Å². The molecule has 4 aromatic rings. The Balaban J connectivity index is 1.37. The molecule has 0 bridgehead atoms. The lowest BCUT2D eigenvalue weighted by Crippen LogP contribution is -2.28. The molecule has 2 unspecified atom stereocenters. The lowest BCUT2D eigenvalue weighted by atomic mass is 9.83. The van der Waals surface area contributed by atoms with E-state index < -0.39 is 18.0 Å². The van der Waals surface area contributed by atoms with E-state index in [1.54, 1.807) is 25.1 Å². The van der Waals surface area contributed by atoms with Crippen LogP contribution in [-0.2, 0) is 17.8 Å². The van der Waals surface area contributed by atoms with Gasteiger partial charge in [0.05, 0.1) is 12.5 Å². The number of rotatable bonds is 11. The van der Waals surface area contributed by atoms with E-state index in [9.17, 15) is 10.1 Å². The van der Waals surface area contributed by atoms with Crippen molar-refractivity contribution in [2.24, 2.45) is 5.73 Å². The first-order valence-electron chi connectivity index (χ1n) is 14.9. The van der Waals surface area contributed by atoms with Crippen molar-refractivity contribution in [3.63, 3.8) is 0 Å². The van der Waals surface area contributed by atoms with E-state index in [1.807, 2.05) is 80.6 Å². The van der Waals surface area contributed by atoms with E-state index in [4.69, 9.17) is 29.4 Å². The van der Waals surface area contributed by atoms with Gasteiger partial charge in [0.2, 0.25) is 5.88 Å². The molecule has 0 amide bonds. The first-order valence-corrected chi connectivity index (χ1v) is 14.9. The highest BCUT2D eigenvalue weighted by Gasteiger charge is 2.32. The van der Waals surface area contributed by atoms with Crippen LogP contribution in [0.4, 0.5) is 0 Å². The van der Waals surface area contributed by atoms with Crippen LogP contribution in [0.5, 0.6) is 28.7 Å². The van der Waals surface area contributed by atoms with Crippen LogP contribution in [-0.4, -0.2) is 18.7 Å². The second-order valence-corrected chi connectivity index (χ2v) is 10.7. The van der Waals surface area contributed by atoms with E-state index in [0.717, 1.165) is 17.5 Å². The fraction of sp³-hybridized carbons (Fsp3) is 0.243. The van der Waals surface area contributed by atoms with Crippen molar-refractivity contribution >= 4 is 5.97 Å². The molecule has 0 aromatic heterocycles. The number of carbonyl (C=O) groups excluding carboxylic acids is 1. The standard InChI is InChI=1S/C37H36N2O6/c1-5-25-11-14-28(15-12-25)43-24(4)37(40)44-29-16-17-30-33(20-29)45-36(39)31(21-38)35(30)27-13-18-32(34(19-27)41-6-2)42-22-26-9-7-23(3)8-10-26/h7-20,24,35H,5-6,22,39H2,1-4H3. The van der Waals surface area contributed by atoms with Gasteiger partial charge in [0, 0.05) is 11.6 Å². The number of hydrogen-bond acceptors (Lipinski definition) is 8. The molecular weight excluding hydrogens is 568 g/mol. The maximum atomic E-state index is 12.9. The minimum Gasteiger partial charge on any atom is -0.490 e. The van der Waals surface area contributed by atoms with E-state index in [2.05, 4.69) is 13.0 Å². The Bertz CT molecular complexity index is 1740. The summed E-state index contributed by atoms with van der Waals surface area (Å²) >= 11 is 0. The van der Waals surface area contributed by atoms with Crippen molar-refractivity contribution in [3.8, 4) is 34.8 Å². The second kappa shape index (κ2) is 13.9. The molecule has 0 spiro atoms. The third-order valence-corrected chi connectivity index (χ3v) is 7.50. The Hall–Kier alpha value is -5.42. The number of allylic oxidation sites excluding steroid dienone is 1. The number of nitrogens with zero attached hydrogens (tertiary/aromatic N) is 1. The predicted molar refractivity (Wildman–Crippen MR) is 170 cm³/mol. The number of aryl methyl sites for hydroxylation is 2. The summed E-state index contributed by atoms with van der Waals surface area (Å²) in [5.74, 6) is 1.23. The lowest BCUT2D eigenvalue weighted by Gasteiger charge is -2.27. The molecule has 5 rings (SSSR count). The van der Waals surface area contributed by atoms with Gasteiger partial charge in [-0.15, -0.1) is 0 Å². The monoisotopic (exact) mass is 604 g/mol. The van der Waals surface area contributed by atoms with Crippen LogP contribution in [0.15, 0.2) is 96.4 Å². The molecule has 45 heavy (non-hydrogen) atoms. The number of ether oxygens (including phenoxy) is 5. The molecule has 8 heteroatoms. The Morgan fingerprint density at radius 2 is 1.62 bits per heavy atom. The molecule has 1 heterocycles. The van der Waals surface area contributed by atoms with Crippen LogP contribution in [0.2, 0.25) is 0 Å². The fourth-order valence-electron chi connectivity index (χ4n) is 5.03. The molecule has 8 nitrogen and oxygen atoms in total. The molecule has 0 saturated carbocycles. The maximum absolute atomic E-state index is 12.9. The van der Waals surface area contributed by atoms with Crippen LogP contribution >= 0.6 is 0 Å². The summed E-state index contributed by atoms with van der Waals surface area (Å²) in [7, 11) is 0. The Morgan fingerprint density at radius 1 is 0.911 bits per heavy atom. The summed E-state index contributed by atoms with van der Waals surface area (Å²) in [4.78, 5) is 12.9. The molecule has 2 N–H and O–H groups in total. The average Bonchev–Trinajstić information content (AvgIpc) is 3.04. The predicted octanol–water partition coefficient (Wildman–Crippen LogP) is 7.13. The first-order chi connectivity index (χ1) is 21.8. The molecule has 1 aliphatic rings. The number of hydrogen-bond donors (Lipinski definition) is 1. The zero-order valence-electron chi connectivity index (χ0n) is 25.8. The van der Waals surface area contributed by atoms with Gasteiger partial charge in [0.25, 0.3) is 0 Å². The summed E-state index contributed by atoms with van der Waals surface area (Å²) in [6.07, 6.45) is 0.0671. The topological polar surface area (TPSA) is 113 Å². The largest absolute Gasteiger partial charge is 0.490 e. The molecule has 1 aliphatic heterocycles. The summed E-state index contributed by atoms with van der Waals surface area (Å²) in [5.41, 5.74) is 11.4. The maximum Gasteiger partial charge on any atom is 0.352 e. The summed E-state index contributed by atoms with van der Waals surface area (Å²) in [6.45, 7) is 8.45. The molecule has 0 saturated heterocycles. The molecule has 0 radical (unpaired) electrons. The molecule has 0 aliphatic carbocycles. The van der Waals surface area contributed by atoms with Crippen LogP contribution in [0.3, 0.4) is 0 Å². The summed E-state index contributed by atoms with van der Waals surface area (Å²) in [6, 6.07) is 28.5. The number of nitrogens with two attached hydrogens (primary N) is 1.